The van der Waals surface area contributed by atoms with Crippen molar-refractivity contribution in [3.63, 3.8) is 0 Å². The SMILES string of the molecule is CC#C[C@@H](C)[C@@H](O)CCCCCCCC. The smallest absolute Gasteiger partial charge is 0.0674 e. The van der Waals surface area contributed by atoms with E-state index < -0.39 is 0 Å². The first kappa shape index (κ1) is 14.5. The first-order valence-corrected chi connectivity index (χ1v) is 6.32. The van der Waals surface area contributed by atoms with Gasteiger partial charge in [-0.3, -0.25) is 0 Å². The van der Waals surface area contributed by atoms with Gasteiger partial charge in [0.05, 0.1) is 6.10 Å². The molecule has 0 spiro atoms. The lowest BCUT2D eigenvalue weighted by molar-refractivity contribution is 0.128. The fourth-order valence-electron chi connectivity index (χ4n) is 1.71. The van der Waals surface area contributed by atoms with Crippen LogP contribution in [0.3, 0.4) is 0 Å². The molecule has 0 bridgehead atoms. The molecule has 0 aliphatic rings. The van der Waals surface area contributed by atoms with Crippen LogP contribution in [0.25, 0.3) is 0 Å². The highest BCUT2D eigenvalue weighted by Crippen LogP contribution is 2.12. The van der Waals surface area contributed by atoms with Gasteiger partial charge in [-0.1, -0.05) is 51.4 Å². The van der Waals surface area contributed by atoms with Gasteiger partial charge in [-0.05, 0) is 20.3 Å². The first-order valence-electron chi connectivity index (χ1n) is 6.32. The van der Waals surface area contributed by atoms with Gasteiger partial charge in [0.25, 0.3) is 0 Å². The van der Waals surface area contributed by atoms with Crippen LogP contribution in [-0.4, -0.2) is 11.2 Å². The predicted molar refractivity (Wildman–Crippen MR) is 66.6 cm³/mol. The Hall–Kier alpha value is -0.480. The van der Waals surface area contributed by atoms with E-state index in [2.05, 4.69) is 18.8 Å². The average molecular weight is 210 g/mol. The van der Waals surface area contributed by atoms with Gasteiger partial charge in [0.1, 0.15) is 0 Å². The number of hydrogen-bond donors (Lipinski definition) is 1. The molecule has 2 atom stereocenters. The number of unbranched alkanes of at least 4 members (excludes halogenated alkanes) is 5. The van der Waals surface area contributed by atoms with Crippen molar-refractivity contribution in [3.05, 3.63) is 0 Å². The third-order valence-corrected chi connectivity index (χ3v) is 2.80. The second-order valence-corrected chi connectivity index (χ2v) is 4.31. The Balaban J connectivity index is 3.37. The standard InChI is InChI=1S/C14H26O/c1-4-6-7-8-9-10-12-14(15)13(3)11-5-2/h13-15H,4,6-10,12H2,1-3H3/t13-,14+/m1/s1. The van der Waals surface area contributed by atoms with Crippen molar-refractivity contribution < 1.29 is 5.11 Å². The molecule has 15 heavy (non-hydrogen) atoms. The molecule has 0 aliphatic heterocycles. The summed E-state index contributed by atoms with van der Waals surface area (Å²) in [5.41, 5.74) is 0. The van der Waals surface area contributed by atoms with Crippen molar-refractivity contribution in [2.75, 3.05) is 0 Å². The Kier molecular flexibility index (Phi) is 9.73. The minimum absolute atomic E-state index is 0.130. The topological polar surface area (TPSA) is 20.2 Å². The normalized spacial score (nSPS) is 14.1. The highest BCUT2D eigenvalue weighted by molar-refractivity contribution is 5.01. The van der Waals surface area contributed by atoms with Gasteiger partial charge in [-0.2, -0.15) is 0 Å². The van der Waals surface area contributed by atoms with Crippen molar-refractivity contribution >= 4 is 0 Å². The molecule has 1 nitrogen and oxygen atoms in total. The molecule has 0 fully saturated rings. The highest BCUT2D eigenvalue weighted by Gasteiger charge is 2.10. The maximum atomic E-state index is 9.75. The lowest BCUT2D eigenvalue weighted by atomic mass is 9.99. The Labute approximate surface area is 95.3 Å². The highest BCUT2D eigenvalue weighted by atomic mass is 16.3. The summed E-state index contributed by atoms with van der Waals surface area (Å²) in [6.45, 7) is 6.06. The van der Waals surface area contributed by atoms with Gasteiger partial charge in [0, 0.05) is 5.92 Å². The second kappa shape index (κ2) is 10.1. The largest absolute Gasteiger partial charge is 0.392 e. The van der Waals surface area contributed by atoms with Crippen molar-refractivity contribution in [3.8, 4) is 11.8 Å². The summed E-state index contributed by atoms with van der Waals surface area (Å²) in [6.07, 6.45) is 8.37. The quantitative estimate of drug-likeness (QED) is 0.478. The van der Waals surface area contributed by atoms with Crippen LogP contribution in [-0.2, 0) is 0 Å². The zero-order chi connectivity index (χ0) is 11.5. The van der Waals surface area contributed by atoms with Crippen LogP contribution in [0.2, 0.25) is 0 Å². The second-order valence-electron chi connectivity index (χ2n) is 4.31. The van der Waals surface area contributed by atoms with E-state index in [4.69, 9.17) is 0 Å². The Bertz CT molecular complexity index is 187. The van der Waals surface area contributed by atoms with Crippen molar-refractivity contribution in [1.29, 1.82) is 0 Å². The third kappa shape index (κ3) is 8.51. The summed E-state index contributed by atoms with van der Waals surface area (Å²) in [5, 5.41) is 9.75. The number of aliphatic hydroxyl groups is 1. The van der Waals surface area contributed by atoms with E-state index in [9.17, 15) is 5.11 Å². The Morgan fingerprint density at radius 2 is 1.67 bits per heavy atom. The van der Waals surface area contributed by atoms with Gasteiger partial charge in [0.2, 0.25) is 0 Å². The van der Waals surface area contributed by atoms with Crippen LogP contribution in [0.15, 0.2) is 0 Å². The van der Waals surface area contributed by atoms with Gasteiger partial charge in [0.15, 0.2) is 0 Å². The van der Waals surface area contributed by atoms with Crippen molar-refractivity contribution in [2.24, 2.45) is 5.92 Å². The van der Waals surface area contributed by atoms with Crippen LogP contribution in [0.1, 0.15) is 65.7 Å². The zero-order valence-electron chi connectivity index (χ0n) is 10.6. The lowest BCUT2D eigenvalue weighted by Gasteiger charge is -2.13. The molecule has 0 aromatic carbocycles. The third-order valence-electron chi connectivity index (χ3n) is 2.80. The number of hydrogen-bond acceptors (Lipinski definition) is 1. The molecule has 0 heterocycles. The van der Waals surface area contributed by atoms with Crippen LogP contribution in [0, 0.1) is 17.8 Å². The first-order chi connectivity index (χ1) is 7.22. The maximum Gasteiger partial charge on any atom is 0.0674 e. The molecule has 0 radical (unpaired) electrons. The van der Waals surface area contributed by atoms with E-state index >= 15 is 0 Å². The fourth-order valence-corrected chi connectivity index (χ4v) is 1.71. The van der Waals surface area contributed by atoms with E-state index in [1.807, 2.05) is 13.8 Å². The van der Waals surface area contributed by atoms with Crippen LogP contribution in [0.4, 0.5) is 0 Å². The summed E-state index contributed by atoms with van der Waals surface area (Å²) in [4.78, 5) is 0. The molecule has 1 N–H and O–H groups in total. The van der Waals surface area contributed by atoms with Crippen molar-refractivity contribution in [1.82, 2.24) is 0 Å². The molecule has 0 aromatic heterocycles. The van der Waals surface area contributed by atoms with E-state index in [1.54, 1.807) is 0 Å². The van der Waals surface area contributed by atoms with E-state index in [1.165, 1.54) is 32.1 Å². The molecular formula is C14H26O. The van der Waals surface area contributed by atoms with Crippen molar-refractivity contribution in [2.45, 2.75) is 71.8 Å². The molecular weight excluding hydrogens is 184 g/mol. The molecule has 0 amide bonds. The van der Waals surface area contributed by atoms with Crippen LogP contribution in [0.5, 0.6) is 0 Å². The van der Waals surface area contributed by atoms with Gasteiger partial charge in [-0.15, -0.1) is 5.92 Å². The molecule has 0 saturated heterocycles. The van der Waals surface area contributed by atoms with Gasteiger partial charge < -0.3 is 5.11 Å². The van der Waals surface area contributed by atoms with Crippen LogP contribution >= 0.6 is 0 Å². The molecule has 1 heteroatoms. The van der Waals surface area contributed by atoms with E-state index in [0.717, 1.165) is 12.8 Å². The Morgan fingerprint density at radius 3 is 2.27 bits per heavy atom. The zero-order valence-corrected chi connectivity index (χ0v) is 10.6. The summed E-state index contributed by atoms with van der Waals surface area (Å²) < 4.78 is 0. The number of aliphatic hydroxyl groups excluding tert-OH is 1. The molecule has 0 rings (SSSR count). The molecule has 0 saturated carbocycles. The summed E-state index contributed by atoms with van der Waals surface area (Å²) in [5.74, 6) is 5.99. The van der Waals surface area contributed by atoms with E-state index in [0.29, 0.717) is 0 Å². The van der Waals surface area contributed by atoms with Crippen LogP contribution < -0.4 is 0 Å². The molecule has 0 aromatic rings. The predicted octanol–water partition coefficient (Wildman–Crippen LogP) is 3.76. The summed E-state index contributed by atoms with van der Waals surface area (Å²) in [7, 11) is 0. The minimum Gasteiger partial charge on any atom is -0.392 e. The molecule has 88 valence electrons. The Morgan fingerprint density at radius 1 is 1.07 bits per heavy atom. The molecule has 0 aliphatic carbocycles. The molecule has 0 unspecified atom stereocenters. The van der Waals surface area contributed by atoms with E-state index in [-0.39, 0.29) is 12.0 Å². The number of rotatable bonds is 8. The minimum atomic E-state index is -0.233. The van der Waals surface area contributed by atoms with Gasteiger partial charge in [-0.25, -0.2) is 0 Å². The summed E-state index contributed by atoms with van der Waals surface area (Å²) in [6, 6.07) is 0. The maximum absolute atomic E-state index is 9.75. The summed E-state index contributed by atoms with van der Waals surface area (Å²) >= 11 is 0. The average Bonchev–Trinajstić information content (AvgIpc) is 2.23. The lowest BCUT2D eigenvalue weighted by Crippen LogP contribution is -2.15. The fraction of sp³-hybridized carbons (Fsp3) is 0.857. The van der Waals surface area contributed by atoms with Gasteiger partial charge >= 0.3 is 0 Å². The monoisotopic (exact) mass is 210 g/mol.